The van der Waals surface area contributed by atoms with Crippen molar-refractivity contribution in [2.75, 3.05) is 19.6 Å². The first-order chi connectivity index (χ1) is 14.5. The average Bonchev–Trinajstić information content (AvgIpc) is 3.22. The number of piperidine rings is 1. The summed E-state index contributed by atoms with van der Waals surface area (Å²) in [5.74, 6) is 0.107. The largest absolute Gasteiger partial charge is 0.478 e. The third kappa shape index (κ3) is 4.01. The Morgan fingerprint density at radius 3 is 2.63 bits per heavy atom. The van der Waals surface area contributed by atoms with E-state index in [0.717, 1.165) is 32.5 Å². The fourth-order valence-electron chi connectivity index (χ4n) is 5.26. The molecule has 4 rings (SSSR count). The third-order valence-electron chi connectivity index (χ3n) is 6.81. The normalized spacial score (nSPS) is 20.0. The lowest BCUT2D eigenvalue weighted by Crippen LogP contribution is -2.40. The molecule has 0 saturated carbocycles. The summed E-state index contributed by atoms with van der Waals surface area (Å²) in [6, 6.07) is 12.1. The summed E-state index contributed by atoms with van der Waals surface area (Å²) < 4.78 is 0. The number of carboxylic acid groups (broad SMARTS) is 1. The first-order valence-electron chi connectivity index (χ1n) is 11.1. The van der Waals surface area contributed by atoms with Crippen LogP contribution in [-0.4, -0.2) is 40.6 Å². The average molecular weight is 405 g/mol. The molecule has 0 bridgehead atoms. The van der Waals surface area contributed by atoms with Crippen LogP contribution >= 0.6 is 0 Å². The number of H-pyrrole nitrogens is 1. The summed E-state index contributed by atoms with van der Waals surface area (Å²) in [6.07, 6.45) is 5.44. The third-order valence-corrected chi connectivity index (χ3v) is 6.81. The maximum atomic E-state index is 11.3. The van der Waals surface area contributed by atoms with Crippen LogP contribution < -0.4 is 0 Å². The molecule has 2 aromatic carbocycles. The minimum absolute atomic E-state index is 0.361. The Labute approximate surface area is 178 Å². The van der Waals surface area contributed by atoms with E-state index in [1.807, 2.05) is 18.3 Å². The van der Waals surface area contributed by atoms with Crippen LogP contribution in [0.4, 0.5) is 0 Å². The predicted octanol–water partition coefficient (Wildman–Crippen LogP) is 5.54. The molecule has 4 nitrogen and oxygen atoms in total. The number of aromatic amines is 1. The highest BCUT2D eigenvalue weighted by Gasteiger charge is 2.31. The van der Waals surface area contributed by atoms with Crippen molar-refractivity contribution in [1.82, 2.24) is 9.88 Å². The molecule has 0 unspecified atom stereocenters. The minimum Gasteiger partial charge on any atom is -0.478 e. The van der Waals surface area contributed by atoms with Gasteiger partial charge in [0.25, 0.3) is 0 Å². The van der Waals surface area contributed by atoms with Crippen LogP contribution in [0.5, 0.6) is 0 Å². The minimum atomic E-state index is -0.862. The quantitative estimate of drug-likeness (QED) is 0.567. The number of nitrogens with zero attached hydrogens (tertiary/aromatic N) is 1. The second-order valence-electron chi connectivity index (χ2n) is 8.84. The van der Waals surface area contributed by atoms with Crippen molar-refractivity contribution < 1.29 is 9.90 Å². The molecule has 1 aliphatic rings. The molecule has 0 radical (unpaired) electrons. The molecular weight excluding hydrogens is 372 g/mol. The molecule has 2 atom stereocenters. The van der Waals surface area contributed by atoms with E-state index < -0.39 is 5.97 Å². The zero-order valence-electron chi connectivity index (χ0n) is 18.2. The van der Waals surface area contributed by atoms with Gasteiger partial charge in [0.15, 0.2) is 0 Å². The molecular formula is C26H32N2O2. The zero-order chi connectivity index (χ0) is 21.3. The molecule has 158 valence electrons. The Morgan fingerprint density at radius 1 is 1.17 bits per heavy atom. The highest BCUT2D eigenvalue weighted by Crippen LogP contribution is 2.37. The topological polar surface area (TPSA) is 56.3 Å². The zero-order valence-corrected chi connectivity index (χ0v) is 18.2. The molecule has 30 heavy (non-hydrogen) atoms. The molecule has 0 aliphatic carbocycles. The van der Waals surface area contributed by atoms with Crippen molar-refractivity contribution >= 4 is 16.9 Å². The number of aryl methyl sites for hydroxylation is 2. The Kier molecular flexibility index (Phi) is 5.96. The SMILES string of the molecule is CCCN1CC[C@@H](Cc2c(C)cc(C)c3[nH]ccc23)[C@H](c2ccc(C(=O)O)cc2)C1. The van der Waals surface area contributed by atoms with Crippen LogP contribution in [0.3, 0.4) is 0 Å². The predicted molar refractivity (Wildman–Crippen MR) is 122 cm³/mol. The summed E-state index contributed by atoms with van der Waals surface area (Å²) >= 11 is 0. The number of rotatable bonds is 6. The Bertz CT molecular complexity index is 1040. The van der Waals surface area contributed by atoms with Gasteiger partial charge in [-0.05, 0) is 98.5 Å². The number of aromatic carboxylic acids is 1. The maximum absolute atomic E-state index is 11.3. The molecule has 4 heteroatoms. The number of hydrogen-bond donors (Lipinski definition) is 2. The Morgan fingerprint density at radius 2 is 1.93 bits per heavy atom. The summed E-state index contributed by atoms with van der Waals surface area (Å²) in [6.45, 7) is 9.96. The molecule has 1 aromatic heterocycles. The lowest BCUT2D eigenvalue weighted by atomic mass is 9.76. The van der Waals surface area contributed by atoms with E-state index in [9.17, 15) is 9.90 Å². The van der Waals surface area contributed by atoms with Crippen molar-refractivity contribution in [3.8, 4) is 0 Å². The Balaban J connectivity index is 1.67. The van der Waals surface area contributed by atoms with Gasteiger partial charge in [0.05, 0.1) is 5.56 Å². The van der Waals surface area contributed by atoms with Crippen LogP contribution in [0.15, 0.2) is 42.6 Å². The first kappa shape index (κ1) is 20.7. The smallest absolute Gasteiger partial charge is 0.335 e. The maximum Gasteiger partial charge on any atom is 0.335 e. The van der Waals surface area contributed by atoms with Crippen LogP contribution in [0.25, 0.3) is 10.9 Å². The number of carbonyl (C=O) groups is 1. The summed E-state index contributed by atoms with van der Waals surface area (Å²) in [5, 5.41) is 10.6. The van der Waals surface area contributed by atoms with Crippen LogP contribution in [-0.2, 0) is 6.42 Å². The van der Waals surface area contributed by atoms with Gasteiger partial charge in [-0.25, -0.2) is 4.79 Å². The number of hydrogen-bond acceptors (Lipinski definition) is 2. The summed E-state index contributed by atoms with van der Waals surface area (Å²) in [5.41, 5.74) is 7.01. The van der Waals surface area contributed by atoms with Crippen molar-refractivity contribution in [2.45, 2.75) is 46.0 Å². The van der Waals surface area contributed by atoms with Crippen molar-refractivity contribution in [3.63, 3.8) is 0 Å². The molecule has 1 saturated heterocycles. The van der Waals surface area contributed by atoms with Gasteiger partial charge >= 0.3 is 5.97 Å². The van der Waals surface area contributed by atoms with Gasteiger partial charge in [-0.15, -0.1) is 0 Å². The molecule has 3 aromatic rings. The summed E-state index contributed by atoms with van der Waals surface area (Å²) in [7, 11) is 0. The molecule has 1 fully saturated rings. The van der Waals surface area contributed by atoms with Gasteiger partial charge in [-0.3, -0.25) is 0 Å². The second kappa shape index (κ2) is 8.65. The van der Waals surface area contributed by atoms with Gasteiger partial charge in [-0.2, -0.15) is 0 Å². The van der Waals surface area contributed by atoms with Gasteiger partial charge < -0.3 is 15.0 Å². The van der Waals surface area contributed by atoms with E-state index in [1.165, 1.54) is 39.6 Å². The monoisotopic (exact) mass is 404 g/mol. The van der Waals surface area contributed by atoms with E-state index in [4.69, 9.17) is 0 Å². The molecule has 2 N–H and O–H groups in total. The van der Waals surface area contributed by atoms with Crippen molar-refractivity contribution in [3.05, 3.63) is 70.4 Å². The molecule has 0 amide bonds. The highest BCUT2D eigenvalue weighted by atomic mass is 16.4. The van der Waals surface area contributed by atoms with E-state index in [-0.39, 0.29) is 0 Å². The van der Waals surface area contributed by atoms with Crippen LogP contribution in [0, 0.1) is 19.8 Å². The lowest BCUT2D eigenvalue weighted by Gasteiger charge is -2.39. The number of likely N-dealkylation sites (tertiary alicyclic amines) is 1. The number of fused-ring (bicyclic) bond motifs is 1. The van der Waals surface area contributed by atoms with Gasteiger partial charge in [0.1, 0.15) is 0 Å². The Hall–Kier alpha value is -2.59. The second-order valence-corrected chi connectivity index (χ2v) is 8.84. The standard InChI is InChI=1S/C26H32N2O2/c1-4-12-28-13-10-21(24(16-28)19-5-7-20(8-6-19)26(29)30)15-23-17(2)14-18(3)25-22(23)9-11-27-25/h5-9,11,14,21,24,27H,4,10,12-13,15-16H2,1-3H3,(H,29,30)/t21-,24-/m0/s1. The first-order valence-corrected chi connectivity index (χ1v) is 11.1. The van der Waals surface area contributed by atoms with Gasteiger partial charge in [0, 0.05) is 23.6 Å². The fourth-order valence-corrected chi connectivity index (χ4v) is 5.26. The van der Waals surface area contributed by atoms with Crippen LogP contribution in [0.1, 0.15) is 58.3 Å². The van der Waals surface area contributed by atoms with Crippen molar-refractivity contribution in [1.29, 1.82) is 0 Å². The van der Waals surface area contributed by atoms with Crippen molar-refractivity contribution in [2.24, 2.45) is 5.92 Å². The highest BCUT2D eigenvalue weighted by molar-refractivity contribution is 5.88. The number of benzene rings is 2. The molecule has 1 aliphatic heterocycles. The molecule has 2 heterocycles. The van der Waals surface area contributed by atoms with E-state index in [2.05, 4.69) is 42.8 Å². The lowest BCUT2D eigenvalue weighted by molar-refractivity contribution is 0.0697. The number of aromatic nitrogens is 1. The van der Waals surface area contributed by atoms with Crippen LogP contribution in [0.2, 0.25) is 0 Å². The molecule has 0 spiro atoms. The number of nitrogens with one attached hydrogen (secondary N) is 1. The van der Waals surface area contributed by atoms with E-state index in [1.54, 1.807) is 12.1 Å². The van der Waals surface area contributed by atoms with E-state index >= 15 is 0 Å². The van der Waals surface area contributed by atoms with Gasteiger partial charge in [-0.1, -0.05) is 25.1 Å². The van der Waals surface area contributed by atoms with E-state index in [0.29, 0.717) is 17.4 Å². The summed E-state index contributed by atoms with van der Waals surface area (Å²) in [4.78, 5) is 17.3. The van der Waals surface area contributed by atoms with Gasteiger partial charge in [0.2, 0.25) is 0 Å². The number of carboxylic acids is 1. The fraction of sp³-hybridized carbons (Fsp3) is 0.423.